The van der Waals surface area contributed by atoms with Crippen LogP contribution < -0.4 is 10.2 Å². The van der Waals surface area contributed by atoms with Crippen LogP contribution in [0.5, 0.6) is 11.5 Å². The third-order valence-corrected chi connectivity index (χ3v) is 3.39. The van der Waals surface area contributed by atoms with E-state index in [4.69, 9.17) is 9.57 Å². The van der Waals surface area contributed by atoms with Gasteiger partial charge in [0.1, 0.15) is 28.2 Å². The van der Waals surface area contributed by atoms with Gasteiger partial charge < -0.3 is 14.7 Å². The molecule has 25 heavy (non-hydrogen) atoms. The summed E-state index contributed by atoms with van der Waals surface area (Å²) in [6.45, 7) is 5.04. The first-order valence-corrected chi connectivity index (χ1v) is 7.35. The van der Waals surface area contributed by atoms with Crippen LogP contribution in [0.15, 0.2) is 48.6 Å². The highest BCUT2D eigenvalue weighted by Gasteiger charge is 2.11. The number of hydrogen-bond acceptors (Lipinski definition) is 7. The van der Waals surface area contributed by atoms with Crippen LogP contribution in [0.25, 0.3) is 16.7 Å². The first-order valence-electron chi connectivity index (χ1n) is 7.35. The molecule has 0 fully saturated rings. The summed E-state index contributed by atoms with van der Waals surface area (Å²) >= 11 is 0. The first kappa shape index (κ1) is 16.3. The standard InChI is InChI=1S/C17H16N4O4/c1-10(2)17(23)25-20-11-4-7-16(22)15(8-11)21-18-13-6-5-12(24-3)9-14(13)19-21/h4-9,20,22H,1H2,2-3H3. The minimum Gasteiger partial charge on any atom is -0.506 e. The van der Waals surface area contributed by atoms with Crippen molar-refractivity contribution in [3.05, 3.63) is 48.6 Å². The number of nitrogens with one attached hydrogen (secondary N) is 1. The van der Waals surface area contributed by atoms with Gasteiger partial charge in [-0.05, 0) is 37.3 Å². The van der Waals surface area contributed by atoms with E-state index in [0.717, 1.165) is 0 Å². The topological polar surface area (TPSA) is 98.5 Å². The maximum Gasteiger partial charge on any atom is 0.357 e. The average Bonchev–Trinajstić information content (AvgIpc) is 3.03. The van der Waals surface area contributed by atoms with Crippen LogP contribution in [-0.2, 0) is 9.63 Å². The lowest BCUT2D eigenvalue weighted by molar-refractivity contribution is -0.136. The Balaban J connectivity index is 1.92. The Morgan fingerprint density at radius 3 is 2.68 bits per heavy atom. The third kappa shape index (κ3) is 3.37. The van der Waals surface area contributed by atoms with Crippen molar-refractivity contribution in [2.45, 2.75) is 6.92 Å². The third-order valence-electron chi connectivity index (χ3n) is 3.39. The molecule has 0 saturated carbocycles. The van der Waals surface area contributed by atoms with E-state index in [9.17, 15) is 9.90 Å². The molecule has 128 valence electrons. The summed E-state index contributed by atoms with van der Waals surface area (Å²) in [6, 6.07) is 9.84. The van der Waals surface area contributed by atoms with Gasteiger partial charge in [-0.3, -0.25) is 0 Å². The Morgan fingerprint density at radius 1 is 1.20 bits per heavy atom. The largest absolute Gasteiger partial charge is 0.506 e. The Hall–Kier alpha value is -3.55. The molecular formula is C17H16N4O4. The van der Waals surface area contributed by atoms with Gasteiger partial charge in [-0.15, -0.1) is 15.0 Å². The van der Waals surface area contributed by atoms with Gasteiger partial charge in [-0.2, -0.15) is 0 Å². The van der Waals surface area contributed by atoms with Crippen molar-refractivity contribution in [1.82, 2.24) is 15.0 Å². The predicted molar refractivity (Wildman–Crippen MR) is 91.6 cm³/mol. The Bertz CT molecular complexity index is 964. The molecule has 2 N–H and O–H groups in total. The smallest absolute Gasteiger partial charge is 0.357 e. The SMILES string of the molecule is C=C(C)C(=O)ONc1ccc(O)c(-n2nc3ccc(OC)cc3n2)c1. The summed E-state index contributed by atoms with van der Waals surface area (Å²) in [7, 11) is 1.57. The van der Waals surface area contributed by atoms with Crippen LogP contribution in [0.1, 0.15) is 6.92 Å². The normalized spacial score (nSPS) is 10.5. The fourth-order valence-corrected chi connectivity index (χ4v) is 2.07. The number of rotatable bonds is 5. The number of carbonyl (C=O) groups excluding carboxylic acids is 1. The van der Waals surface area contributed by atoms with Crippen LogP contribution in [-0.4, -0.2) is 33.2 Å². The van der Waals surface area contributed by atoms with E-state index in [0.29, 0.717) is 28.2 Å². The number of nitrogens with zero attached hydrogens (tertiary/aromatic N) is 3. The number of aromatic hydroxyl groups is 1. The fraction of sp³-hybridized carbons (Fsp3) is 0.118. The number of methoxy groups -OCH3 is 1. The molecule has 3 aromatic rings. The average molecular weight is 340 g/mol. The van der Waals surface area contributed by atoms with E-state index >= 15 is 0 Å². The number of anilines is 1. The molecule has 0 atom stereocenters. The van der Waals surface area contributed by atoms with Crippen molar-refractivity contribution in [2.24, 2.45) is 0 Å². The molecule has 0 saturated heterocycles. The van der Waals surface area contributed by atoms with Crippen LogP contribution >= 0.6 is 0 Å². The molecule has 1 heterocycles. The zero-order valence-electron chi connectivity index (χ0n) is 13.7. The van der Waals surface area contributed by atoms with Gasteiger partial charge in [-0.25, -0.2) is 10.3 Å². The number of phenols is 1. The highest BCUT2D eigenvalue weighted by Crippen LogP contribution is 2.26. The summed E-state index contributed by atoms with van der Waals surface area (Å²) in [6.07, 6.45) is 0. The van der Waals surface area contributed by atoms with Crippen molar-refractivity contribution >= 4 is 22.7 Å². The molecular weight excluding hydrogens is 324 g/mol. The van der Waals surface area contributed by atoms with Crippen molar-refractivity contribution in [3.8, 4) is 17.2 Å². The first-order chi connectivity index (χ1) is 12.0. The number of ether oxygens (including phenoxy) is 1. The molecule has 8 heteroatoms. The molecule has 0 bridgehead atoms. The van der Waals surface area contributed by atoms with Crippen molar-refractivity contribution < 1.29 is 19.5 Å². The van der Waals surface area contributed by atoms with Crippen LogP contribution in [0.4, 0.5) is 5.69 Å². The van der Waals surface area contributed by atoms with Gasteiger partial charge in [0, 0.05) is 11.6 Å². The van der Waals surface area contributed by atoms with E-state index in [1.807, 2.05) is 0 Å². The number of carbonyl (C=O) groups is 1. The highest BCUT2D eigenvalue weighted by molar-refractivity contribution is 5.87. The van der Waals surface area contributed by atoms with Gasteiger partial charge >= 0.3 is 5.97 Å². The Morgan fingerprint density at radius 2 is 1.96 bits per heavy atom. The molecule has 0 radical (unpaired) electrons. The minimum atomic E-state index is -0.579. The summed E-state index contributed by atoms with van der Waals surface area (Å²) in [5.41, 5.74) is 4.80. The van der Waals surface area contributed by atoms with Crippen molar-refractivity contribution in [3.63, 3.8) is 0 Å². The van der Waals surface area contributed by atoms with E-state index in [1.165, 1.54) is 10.9 Å². The lowest BCUT2D eigenvalue weighted by atomic mass is 10.2. The predicted octanol–water partition coefficient (Wildman–Crippen LogP) is 2.58. The second-order valence-corrected chi connectivity index (χ2v) is 5.32. The maximum atomic E-state index is 11.4. The van der Waals surface area contributed by atoms with Crippen molar-refractivity contribution in [2.75, 3.05) is 12.6 Å². The highest BCUT2D eigenvalue weighted by atomic mass is 16.7. The summed E-state index contributed by atoms with van der Waals surface area (Å²) < 4.78 is 5.16. The summed E-state index contributed by atoms with van der Waals surface area (Å²) in [5.74, 6) is 0.0552. The van der Waals surface area contributed by atoms with Gasteiger partial charge in [0.15, 0.2) is 0 Å². The van der Waals surface area contributed by atoms with Crippen LogP contribution in [0.2, 0.25) is 0 Å². The summed E-state index contributed by atoms with van der Waals surface area (Å²) in [5, 5.41) is 18.8. The zero-order valence-corrected chi connectivity index (χ0v) is 13.7. The van der Waals surface area contributed by atoms with E-state index in [1.54, 1.807) is 44.4 Å². The number of fused-ring (bicyclic) bond motifs is 1. The number of aromatic nitrogens is 3. The quantitative estimate of drug-likeness (QED) is 0.418. The van der Waals surface area contributed by atoms with Gasteiger partial charge in [0.25, 0.3) is 0 Å². The monoisotopic (exact) mass is 340 g/mol. The Labute approximate surface area is 143 Å². The van der Waals surface area contributed by atoms with Gasteiger partial charge in [-0.1, -0.05) is 6.58 Å². The molecule has 0 amide bonds. The second kappa shape index (κ2) is 6.52. The molecule has 0 aliphatic rings. The molecule has 1 aromatic heterocycles. The van der Waals surface area contributed by atoms with Crippen molar-refractivity contribution in [1.29, 1.82) is 0 Å². The fourth-order valence-electron chi connectivity index (χ4n) is 2.07. The number of hydrogen-bond donors (Lipinski definition) is 2. The Kier molecular flexibility index (Phi) is 4.25. The van der Waals surface area contributed by atoms with Gasteiger partial charge in [0.2, 0.25) is 0 Å². The number of benzene rings is 2. The second-order valence-electron chi connectivity index (χ2n) is 5.32. The molecule has 3 rings (SSSR count). The van der Waals surface area contributed by atoms with Crippen LogP contribution in [0.3, 0.4) is 0 Å². The van der Waals surface area contributed by atoms with E-state index in [2.05, 4.69) is 22.3 Å². The molecule has 8 nitrogen and oxygen atoms in total. The van der Waals surface area contributed by atoms with E-state index < -0.39 is 5.97 Å². The van der Waals surface area contributed by atoms with Gasteiger partial charge in [0.05, 0.1) is 12.8 Å². The molecule has 0 unspecified atom stereocenters. The molecule has 0 spiro atoms. The lowest BCUT2D eigenvalue weighted by Gasteiger charge is -2.09. The van der Waals surface area contributed by atoms with Crippen LogP contribution in [0, 0.1) is 0 Å². The summed E-state index contributed by atoms with van der Waals surface area (Å²) in [4.78, 5) is 17.6. The van der Waals surface area contributed by atoms with E-state index in [-0.39, 0.29) is 11.3 Å². The molecule has 0 aliphatic heterocycles. The zero-order chi connectivity index (χ0) is 18.0. The minimum absolute atomic E-state index is 0.0240. The number of phenolic OH excluding ortho intramolecular Hbond substituents is 1. The maximum absolute atomic E-state index is 11.4. The molecule has 2 aromatic carbocycles. The molecule has 0 aliphatic carbocycles. The lowest BCUT2D eigenvalue weighted by Crippen LogP contribution is -2.11.